The molecule has 1 saturated carbocycles. The van der Waals surface area contributed by atoms with E-state index >= 15 is 0 Å². The molecule has 218 valence electrons. The number of phenolic OH excluding ortho intramolecular Hbond substituents is 1. The van der Waals surface area contributed by atoms with Crippen molar-refractivity contribution in [2.24, 2.45) is 11.8 Å². The molecule has 2 aromatic carbocycles. The van der Waals surface area contributed by atoms with Crippen molar-refractivity contribution in [1.82, 2.24) is 15.5 Å². The Kier molecular flexibility index (Phi) is 9.90. The Labute approximate surface area is 239 Å². The number of likely N-dealkylation sites (tertiary alicyclic amines) is 1. The van der Waals surface area contributed by atoms with Crippen LogP contribution in [0.3, 0.4) is 0 Å². The van der Waals surface area contributed by atoms with E-state index in [1.54, 1.807) is 18.2 Å². The lowest BCUT2D eigenvalue weighted by Gasteiger charge is -2.47. The summed E-state index contributed by atoms with van der Waals surface area (Å²) >= 11 is 0. The van der Waals surface area contributed by atoms with Gasteiger partial charge in [0.25, 0.3) is 5.91 Å². The number of benzene rings is 2. The van der Waals surface area contributed by atoms with E-state index in [0.29, 0.717) is 42.3 Å². The Morgan fingerprint density at radius 2 is 1.73 bits per heavy atom. The molecule has 2 amide bonds. The van der Waals surface area contributed by atoms with Gasteiger partial charge in [0.05, 0.1) is 18.2 Å². The number of rotatable bonds is 9. The van der Waals surface area contributed by atoms with Gasteiger partial charge in [-0.1, -0.05) is 62.6 Å². The van der Waals surface area contributed by atoms with E-state index < -0.39 is 12.1 Å². The van der Waals surface area contributed by atoms with Gasteiger partial charge >= 0.3 is 0 Å². The third kappa shape index (κ3) is 7.64. The average Bonchev–Trinajstić information content (AvgIpc) is 2.91. The second kappa shape index (κ2) is 13.2. The zero-order valence-electron chi connectivity index (χ0n) is 24.5. The fraction of sp³-hybridized carbons (Fsp3) is 0.576. The number of phenols is 1. The van der Waals surface area contributed by atoms with Gasteiger partial charge in [-0.3, -0.25) is 14.5 Å². The van der Waals surface area contributed by atoms with E-state index in [0.717, 1.165) is 31.4 Å². The highest BCUT2D eigenvalue weighted by atomic mass is 16.3. The minimum absolute atomic E-state index is 0.0136. The highest BCUT2D eigenvalue weighted by molar-refractivity contribution is 5.96. The fourth-order valence-electron chi connectivity index (χ4n) is 6.55. The fourth-order valence-corrected chi connectivity index (χ4v) is 6.55. The van der Waals surface area contributed by atoms with E-state index in [1.807, 2.05) is 58.0 Å². The van der Waals surface area contributed by atoms with Crippen LogP contribution in [0.5, 0.6) is 5.75 Å². The van der Waals surface area contributed by atoms with Crippen molar-refractivity contribution in [3.05, 3.63) is 65.2 Å². The first kappa shape index (κ1) is 30.1. The van der Waals surface area contributed by atoms with Crippen LogP contribution in [0.4, 0.5) is 0 Å². The molecular weight excluding hydrogens is 502 g/mol. The number of β-amino-alcohol motifs (C(OH)–C–C–N with tert-alkyl or cyclic N) is 1. The molecular formula is C33H47N3O4. The van der Waals surface area contributed by atoms with Crippen molar-refractivity contribution in [2.75, 3.05) is 13.1 Å². The molecule has 2 aromatic rings. The summed E-state index contributed by atoms with van der Waals surface area (Å²) in [6.45, 7) is 8.96. The molecule has 2 fully saturated rings. The Morgan fingerprint density at radius 1 is 1.02 bits per heavy atom. The Balaban J connectivity index is 1.57. The molecule has 1 aliphatic carbocycles. The number of nitrogens with zero attached hydrogens (tertiary/aromatic N) is 1. The molecule has 4 N–H and O–H groups in total. The van der Waals surface area contributed by atoms with Gasteiger partial charge in [0, 0.05) is 29.8 Å². The number of fused-ring (bicyclic) bond motifs is 1. The zero-order chi connectivity index (χ0) is 28.9. The maximum atomic E-state index is 13.5. The van der Waals surface area contributed by atoms with Crippen molar-refractivity contribution in [3.63, 3.8) is 0 Å². The Bertz CT molecular complexity index is 1150. The van der Waals surface area contributed by atoms with Gasteiger partial charge in [-0.25, -0.2) is 0 Å². The smallest absolute Gasteiger partial charge is 0.252 e. The molecule has 4 rings (SSSR count). The number of amides is 2. The molecule has 0 bridgehead atoms. The topological polar surface area (TPSA) is 102 Å². The van der Waals surface area contributed by atoms with Crippen LogP contribution in [0.25, 0.3) is 0 Å². The molecule has 1 aliphatic heterocycles. The molecule has 0 aromatic heterocycles. The van der Waals surface area contributed by atoms with E-state index in [2.05, 4.69) is 15.5 Å². The van der Waals surface area contributed by atoms with Crippen LogP contribution in [-0.4, -0.2) is 63.7 Å². The van der Waals surface area contributed by atoms with Crippen molar-refractivity contribution in [2.45, 2.75) is 96.4 Å². The van der Waals surface area contributed by atoms with Crippen LogP contribution in [0.2, 0.25) is 0 Å². The first-order valence-corrected chi connectivity index (χ1v) is 15.0. The number of hydrogen-bond acceptors (Lipinski definition) is 5. The number of aliphatic hydroxyl groups is 1. The van der Waals surface area contributed by atoms with E-state index in [-0.39, 0.29) is 29.1 Å². The van der Waals surface area contributed by atoms with Crippen LogP contribution >= 0.6 is 0 Å². The standard InChI is InChI=1S/C33H47N3O4/c1-5-25-26(16-11-17-29(25)37)31(39)34-27(18-22-12-7-6-8-13-22)30(38)21-36-20-24-15-10-9-14-23(24)19-28(36)32(40)35-33(2,3)4/h6-8,11-13,16-17,23-24,27-28,30,37-38H,5,9-10,14-15,18-21H2,1-4H3,(H,34,39)(H,35,40)/t23-,24+,27-,28-,30+/m0/s1. The third-order valence-electron chi connectivity index (χ3n) is 8.55. The SMILES string of the molecule is CCc1c(O)cccc1C(=O)N[C@@H](Cc1ccccc1)[C@H](O)CN1C[C@H]2CCCC[C@H]2C[C@H]1C(=O)NC(C)(C)C. The van der Waals surface area contributed by atoms with Crippen LogP contribution in [0.1, 0.15) is 81.3 Å². The van der Waals surface area contributed by atoms with E-state index in [9.17, 15) is 19.8 Å². The first-order chi connectivity index (χ1) is 19.1. The highest BCUT2D eigenvalue weighted by Gasteiger charge is 2.41. The number of aromatic hydroxyl groups is 1. The van der Waals surface area contributed by atoms with Gasteiger partial charge in [-0.15, -0.1) is 0 Å². The number of aliphatic hydroxyl groups excluding tert-OH is 1. The maximum Gasteiger partial charge on any atom is 0.252 e. The quantitative estimate of drug-likeness (QED) is 0.370. The second-order valence-electron chi connectivity index (χ2n) is 12.7. The maximum absolute atomic E-state index is 13.5. The lowest BCUT2D eigenvalue weighted by molar-refractivity contribution is -0.132. The summed E-state index contributed by atoms with van der Waals surface area (Å²) in [6.07, 6.45) is 5.64. The minimum atomic E-state index is -0.892. The molecule has 5 atom stereocenters. The van der Waals surface area contributed by atoms with Crippen molar-refractivity contribution < 1.29 is 19.8 Å². The predicted molar refractivity (Wildman–Crippen MR) is 158 cm³/mol. The minimum Gasteiger partial charge on any atom is -0.508 e. The lowest BCUT2D eigenvalue weighted by Crippen LogP contribution is -2.60. The second-order valence-corrected chi connectivity index (χ2v) is 12.7. The molecule has 40 heavy (non-hydrogen) atoms. The highest BCUT2D eigenvalue weighted by Crippen LogP contribution is 2.39. The summed E-state index contributed by atoms with van der Waals surface area (Å²) in [6, 6.07) is 13.9. The summed E-state index contributed by atoms with van der Waals surface area (Å²) < 4.78 is 0. The van der Waals surface area contributed by atoms with Gasteiger partial charge in [-0.2, -0.15) is 0 Å². The van der Waals surface area contributed by atoms with Crippen molar-refractivity contribution >= 4 is 11.8 Å². The normalized spacial score (nSPS) is 23.1. The van der Waals surface area contributed by atoms with Gasteiger partial charge in [0.1, 0.15) is 5.75 Å². The summed E-state index contributed by atoms with van der Waals surface area (Å²) in [5, 5.41) is 28.3. The van der Waals surface area contributed by atoms with Crippen LogP contribution in [0.15, 0.2) is 48.5 Å². The molecule has 1 saturated heterocycles. The van der Waals surface area contributed by atoms with Crippen LogP contribution in [0, 0.1) is 11.8 Å². The molecule has 2 aliphatic rings. The van der Waals surface area contributed by atoms with Gasteiger partial charge < -0.3 is 20.8 Å². The Hall–Kier alpha value is -2.90. The van der Waals surface area contributed by atoms with E-state index in [4.69, 9.17) is 0 Å². The third-order valence-corrected chi connectivity index (χ3v) is 8.55. The molecule has 1 heterocycles. The number of piperidine rings is 1. The monoisotopic (exact) mass is 549 g/mol. The summed E-state index contributed by atoms with van der Waals surface area (Å²) in [5.74, 6) is 0.857. The number of nitrogens with one attached hydrogen (secondary N) is 2. The summed E-state index contributed by atoms with van der Waals surface area (Å²) in [7, 11) is 0. The zero-order valence-corrected chi connectivity index (χ0v) is 24.5. The predicted octanol–water partition coefficient (Wildman–Crippen LogP) is 4.45. The Morgan fingerprint density at radius 3 is 2.40 bits per heavy atom. The summed E-state index contributed by atoms with van der Waals surface area (Å²) in [5.41, 5.74) is 1.67. The molecule has 0 spiro atoms. The van der Waals surface area contributed by atoms with Crippen LogP contribution in [-0.2, 0) is 17.6 Å². The van der Waals surface area contributed by atoms with Gasteiger partial charge in [0.2, 0.25) is 5.91 Å². The molecule has 7 heteroatoms. The van der Waals surface area contributed by atoms with Gasteiger partial charge in [-0.05, 0) is 76.0 Å². The van der Waals surface area contributed by atoms with Gasteiger partial charge in [0.15, 0.2) is 0 Å². The molecule has 0 unspecified atom stereocenters. The largest absolute Gasteiger partial charge is 0.508 e. The molecule has 7 nitrogen and oxygen atoms in total. The van der Waals surface area contributed by atoms with Crippen LogP contribution < -0.4 is 10.6 Å². The number of hydrogen-bond donors (Lipinski definition) is 4. The van der Waals surface area contributed by atoms with E-state index in [1.165, 1.54) is 12.8 Å². The number of carbonyl (C=O) groups excluding carboxylic acids is 2. The number of carbonyl (C=O) groups is 2. The van der Waals surface area contributed by atoms with Crippen molar-refractivity contribution in [3.8, 4) is 5.75 Å². The van der Waals surface area contributed by atoms with Crippen molar-refractivity contribution in [1.29, 1.82) is 0 Å². The summed E-state index contributed by atoms with van der Waals surface area (Å²) in [4.78, 5) is 29.1. The molecule has 0 radical (unpaired) electrons. The lowest BCUT2D eigenvalue weighted by atomic mass is 9.72. The average molecular weight is 550 g/mol. The first-order valence-electron chi connectivity index (χ1n) is 15.0.